The zero-order chi connectivity index (χ0) is 38.4. The summed E-state index contributed by atoms with van der Waals surface area (Å²) in [6.07, 6.45) is 3.62. The number of benzene rings is 2. The molecule has 0 spiro atoms. The molecule has 6 atom stereocenters. The first-order valence-electron chi connectivity index (χ1n) is 17.5. The van der Waals surface area contributed by atoms with Crippen LogP contribution in [0.3, 0.4) is 0 Å². The van der Waals surface area contributed by atoms with Crippen molar-refractivity contribution in [3.63, 3.8) is 0 Å². The molecule has 8 rings (SSSR count). The van der Waals surface area contributed by atoms with Crippen LogP contribution in [-0.2, 0) is 22.7 Å². The molecule has 4 aliphatic rings. The van der Waals surface area contributed by atoms with Crippen molar-refractivity contribution in [2.45, 2.75) is 74.8 Å². The topological polar surface area (TPSA) is 160 Å². The van der Waals surface area contributed by atoms with Gasteiger partial charge in [0.15, 0.2) is 0 Å². The molecule has 4 heterocycles. The van der Waals surface area contributed by atoms with Gasteiger partial charge in [0, 0.05) is 14.1 Å². The van der Waals surface area contributed by atoms with E-state index in [1.54, 1.807) is 0 Å². The second-order valence-electron chi connectivity index (χ2n) is 14.1. The van der Waals surface area contributed by atoms with Crippen LogP contribution < -0.4 is 10.6 Å². The standard InChI is InChI=1S/2C18H19F2N5O2/c2*1-24-14-12(18(14,19)20)7-8-13(17(24)27)22-16(26)15-21-10-25(23-15)9-11-5-3-2-4-6-11/h2*2-6,10,12-14H,7-9H2,1H3,(H,22,26)/t12-,13+,14+;12-,13-,14+/m10/s1. The van der Waals surface area contributed by atoms with E-state index in [2.05, 4.69) is 30.8 Å². The number of hydrogen-bond donors (Lipinski definition) is 2. The fourth-order valence-electron chi connectivity index (χ4n) is 7.41. The number of amides is 4. The molecule has 2 aliphatic heterocycles. The maximum Gasteiger partial charge on any atom is 0.291 e. The zero-order valence-corrected chi connectivity index (χ0v) is 29.4. The maximum absolute atomic E-state index is 13.6. The van der Waals surface area contributed by atoms with Gasteiger partial charge in [-0.15, -0.1) is 10.2 Å². The van der Waals surface area contributed by atoms with Crippen molar-refractivity contribution in [2.24, 2.45) is 11.8 Å². The Hall–Kier alpha value is -5.68. The van der Waals surface area contributed by atoms with Gasteiger partial charge in [0.25, 0.3) is 23.7 Å². The van der Waals surface area contributed by atoms with E-state index in [9.17, 15) is 36.7 Å². The summed E-state index contributed by atoms with van der Waals surface area (Å²) in [5.41, 5.74) is 2.02. The molecule has 0 unspecified atom stereocenters. The summed E-state index contributed by atoms with van der Waals surface area (Å²) in [5, 5.41) is 13.4. The molecular formula is C36H38F4N10O4. The molecule has 4 fully saturated rings. The molecule has 14 nitrogen and oxygen atoms in total. The molecular weight excluding hydrogens is 712 g/mol. The van der Waals surface area contributed by atoms with Crippen LogP contribution in [0.4, 0.5) is 17.6 Å². The van der Waals surface area contributed by atoms with Crippen LogP contribution >= 0.6 is 0 Å². The summed E-state index contributed by atoms with van der Waals surface area (Å²) in [4.78, 5) is 59.7. The number of likely N-dealkylation sites (N-methyl/N-ethyl adjacent to an activating group) is 2. The van der Waals surface area contributed by atoms with Gasteiger partial charge in [-0.2, -0.15) is 0 Å². The fraction of sp³-hybridized carbons (Fsp3) is 0.444. The van der Waals surface area contributed by atoms with E-state index in [4.69, 9.17) is 0 Å². The fourth-order valence-corrected chi connectivity index (χ4v) is 7.41. The Balaban J connectivity index is 0.000000167. The van der Waals surface area contributed by atoms with Crippen molar-refractivity contribution in [2.75, 3.05) is 14.1 Å². The first-order chi connectivity index (χ1) is 25.8. The van der Waals surface area contributed by atoms with E-state index in [0.29, 0.717) is 13.1 Å². The number of carbonyl (C=O) groups excluding carboxylic acids is 4. The Morgan fingerprint density at radius 1 is 0.648 bits per heavy atom. The maximum atomic E-state index is 13.6. The number of halogens is 4. The third-order valence-corrected chi connectivity index (χ3v) is 10.4. The van der Waals surface area contributed by atoms with Gasteiger partial charge in [-0.1, -0.05) is 60.7 Å². The molecule has 18 heteroatoms. The highest BCUT2D eigenvalue weighted by Crippen LogP contribution is 2.56. The minimum atomic E-state index is -2.82. The number of carbonyl (C=O) groups is 4. The van der Waals surface area contributed by atoms with Gasteiger partial charge in [-0.05, 0) is 36.8 Å². The van der Waals surface area contributed by atoms with Gasteiger partial charge >= 0.3 is 0 Å². The van der Waals surface area contributed by atoms with Crippen LogP contribution in [0.1, 0.15) is 58.0 Å². The first-order valence-corrected chi connectivity index (χ1v) is 17.5. The van der Waals surface area contributed by atoms with Crippen LogP contribution in [0.5, 0.6) is 0 Å². The predicted molar refractivity (Wildman–Crippen MR) is 182 cm³/mol. The Morgan fingerprint density at radius 3 is 1.39 bits per heavy atom. The Morgan fingerprint density at radius 2 is 1.02 bits per heavy atom. The van der Waals surface area contributed by atoms with Gasteiger partial charge in [0.05, 0.1) is 24.9 Å². The monoisotopic (exact) mass is 750 g/mol. The average Bonchev–Trinajstić information content (AvgIpc) is 3.62. The summed E-state index contributed by atoms with van der Waals surface area (Å²) in [6.45, 7) is 0.926. The number of likely N-dealkylation sites (tertiary alicyclic amines) is 2. The number of nitrogens with zero attached hydrogens (tertiary/aromatic N) is 8. The minimum Gasteiger partial charge on any atom is -0.337 e. The Bertz CT molecular complexity index is 1880. The lowest BCUT2D eigenvalue weighted by Gasteiger charge is -2.22. The second-order valence-corrected chi connectivity index (χ2v) is 14.1. The van der Waals surface area contributed by atoms with Crippen LogP contribution in [0.25, 0.3) is 0 Å². The molecule has 2 N–H and O–H groups in total. The molecule has 0 bridgehead atoms. The van der Waals surface area contributed by atoms with Crippen molar-refractivity contribution < 1.29 is 36.7 Å². The minimum absolute atomic E-state index is 0.0545. The van der Waals surface area contributed by atoms with Gasteiger partial charge in [-0.25, -0.2) is 36.9 Å². The quantitative estimate of drug-likeness (QED) is 0.260. The highest BCUT2D eigenvalue weighted by Gasteiger charge is 2.72. The van der Waals surface area contributed by atoms with E-state index in [-0.39, 0.29) is 37.3 Å². The van der Waals surface area contributed by atoms with E-state index in [1.807, 2.05) is 60.7 Å². The van der Waals surface area contributed by atoms with E-state index in [1.165, 1.54) is 36.1 Å². The molecule has 2 aliphatic carbocycles. The third-order valence-electron chi connectivity index (χ3n) is 10.4. The smallest absolute Gasteiger partial charge is 0.291 e. The number of nitrogens with one attached hydrogen (secondary N) is 2. The number of aromatic nitrogens is 6. The normalized spacial score (nSPS) is 26.3. The largest absolute Gasteiger partial charge is 0.337 e. The second kappa shape index (κ2) is 14.3. The van der Waals surface area contributed by atoms with Crippen LogP contribution in [0, 0.1) is 11.8 Å². The molecule has 4 amide bonds. The number of hydrogen-bond acceptors (Lipinski definition) is 8. The molecule has 2 saturated carbocycles. The molecule has 2 aromatic heterocycles. The predicted octanol–water partition coefficient (Wildman–Crippen LogP) is 2.62. The third kappa shape index (κ3) is 7.28. The highest BCUT2D eigenvalue weighted by molar-refractivity contribution is 5.95. The molecule has 4 aromatic rings. The van der Waals surface area contributed by atoms with Crippen LogP contribution in [0.2, 0.25) is 0 Å². The Kier molecular flexibility index (Phi) is 9.70. The van der Waals surface area contributed by atoms with Gasteiger partial charge in [0.2, 0.25) is 23.5 Å². The van der Waals surface area contributed by atoms with Gasteiger partial charge in [-0.3, -0.25) is 19.2 Å². The molecule has 54 heavy (non-hydrogen) atoms. The number of fused-ring (bicyclic) bond motifs is 2. The summed E-state index contributed by atoms with van der Waals surface area (Å²) in [6, 6.07) is 15.4. The molecule has 0 radical (unpaired) electrons. The summed E-state index contributed by atoms with van der Waals surface area (Å²) in [7, 11) is 2.72. The highest BCUT2D eigenvalue weighted by atomic mass is 19.3. The number of alkyl halides is 4. The lowest BCUT2D eigenvalue weighted by atomic mass is 10.1. The van der Waals surface area contributed by atoms with Crippen LogP contribution in [0.15, 0.2) is 73.3 Å². The molecule has 2 saturated heterocycles. The summed E-state index contributed by atoms with van der Waals surface area (Å²) in [5.74, 6) is -9.58. The zero-order valence-electron chi connectivity index (χ0n) is 29.4. The molecule has 284 valence electrons. The van der Waals surface area contributed by atoms with Crippen molar-refractivity contribution >= 4 is 23.6 Å². The van der Waals surface area contributed by atoms with Crippen molar-refractivity contribution in [1.29, 1.82) is 0 Å². The van der Waals surface area contributed by atoms with E-state index in [0.717, 1.165) is 20.9 Å². The Labute approximate surface area is 306 Å². The van der Waals surface area contributed by atoms with Crippen LogP contribution in [-0.4, -0.2) is 113 Å². The SMILES string of the molecule is CN1C(=O)[C@@H](NC(=O)c2ncn(Cc3ccccc3)n2)CC[C@@H]2[C@H]1C2(F)F.CN1C(=O)[C@@H](NC(=O)c2ncn(Cc3ccccc3)n2)CC[C@H]2[C@@H]1C2(F)F. The van der Waals surface area contributed by atoms with Gasteiger partial charge in [0.1, 0.15) is 36.8 Å². The van der Waals surface area contributed by atoms with Crippen molar-refractivity contribution in [3.05, 3.63) is 96.1 Å². The lowest BCUT2D eigenvalue weighted by Crippen LogP contribution is -2.48. The van der Waals surface area contributed by atoms with Crippen molar-refractivity contribution in [3.8, 4) is 0 Å². The van der Waals surface area contributed by atoms with E-state index < -0.39 is 71.5 Å². The summed E-state index contributed by atoms with van der Waals surface area (Å²) >= 11 is 0. The van der Waals surface area contributed by atoms with Crippen molar-refractivity contribution in [1.82, 2.24) is 50.0 Å². The average molecular weight is 751 g/mol. The summed E-state index contributed by atoms with van der Waals surface area (Å²) < 4.78 is 57.6. The lowest BCUT2D eigenvalue weighted by molar-refractivity contribution is -0.134. The first kappa shape index (κ1) is 36.7. The van der Waals surface area contributed by atoms with E-state index >= 15 is 0 Å². The number of rotatable bonds is 8. The van der Waals surface area contributed by atoms with Gasteiger partial charge < -0.3 is 20.4 Å². The molecule has 2 aromatic carbocycles.